The van der Waals surface area contributed by atoms with Crippen LogP contribution in [0.15, 0.2) is 0 Å². The highest BCUT2D eigenvalue weighted by molar-refractivity contribution is 5.73. The molecule has 0 saturated carbocycles. The van der Waals surface area contributed by atoms with Crippen molar-refractivity contribution in [2.75, 3.05) is 0 Å². The highest BCUT2D eigenvalue weighted by Crippen LogP contribution is 2.17. The number of rotatable bonds is 5. The fraction of sp³-hybridized carbons (Fsp3) is 0.800. The van der Waals surface area contributed by atoms with E-state index in [0.29, 0.717) is 6.42 Å². The molecule has 0 aromatic rings. The Bertz CT molecular complexity index is 220. The molecule has 0 aliphatic carbocycles. The largest absolute Gasteiger partial charge is 0.481 e. The van der Waals surface area contributed by atoms with Gasteiger partial charge in [0.15, 0.2) is 0 Å². The summed E-state index contributed by atoms with van der Waals surface area (Å²) in [6.07, 6.45) is 0.525. The van der Waals surface area contributed by atoms with E-state index in [1.165, 1.54) is 0 Å². The van der Waals surface area contributed by atoms with Crippen molar-refractivity contribution in [3.63, 3.8) is 0 Å². The van der Waals surface area contributed by atoms with E-state index in [4.69, 9.17) is 9.84 Å². The van der Waals surface area contributed by atoms with Crippen LogP contribution < -0.4 is 0 Å². The quantitative estimate of drug-likeness (QED) is 0.691. The number of aliphatic carboxylic acids is 1. The second-order valence-corrected chi connectivity index (χ2v) is 4.06. The van der Waals surface area contributed by atoms with Crippen LogP contribution in [0, 0.1) is 5.92 Å². The highest BCUT2D eigenvalue weighted by atomic mass is 16.6. The summed E-state index contributed by atoms with van der Waals surface area (Å²) in [5, 5.41) is 8.57. The van der Waals surface area contributed by atoms with Crippen molar-refractivity contribution < 1.29 is 19.4 Å². The van der Waals surface area contributed by atoms with Crippen LogP contribution in [0.3, 0.4) is 0 Å². The fourth-order valence-corrected chi connectivity index (χ4v) is 0.940. The summed E-state index contributed by atoms with van der Waals surface area (Å²) in [5.74, 6) is -1.48. The van der Waals surface area contributed by atoms with Crippen molar-refractivity contribution in [1.82, 2.24) is 0 Å². The van der Waals surface area contributed by atoms with Crippen LogP contribution in [-0.4, -0.2) is 22.6 Å². The van der Waals surface area contributed by atoms with Gasteiger partial charge in [-0.3, -0.25) is 9.59 Å². The van der Waals surface area contributed by atoms with Crippen molar-refractivity contribution in [2.24, 2.45) is 5.92 Å². The van der Waals surface area contributed by atoms with Crippen LogP contribution in [-0.2, 0) is 14.3 Å². The Balaban J connectivity index is 4.21. The van der Waals surface area contributed by atoms with E-state index >= 15 is 0 Å². The Kier molecular flexibility index (Phi) is 4.60. The molecule has 4 heteroatoms. The van der Waals surface area contributed by atoms with Gasteiger partial charge in [0, 0.05) is 0 Å². The lowest BCUT2D eigenvalue weighted by molar-refractivity contribution is -0.164. The number of hydrogen-bond acceptors (Lipinski definition) is 3. The van der Waals surface area contributed by atoms with Gasteiger partial charge in [0.2, 0.25) is 0 Å². The number of esters is 1. The SMILES string of the molecule is CCC(C)C(=O)OC(C)(C)CC(=O)O. The maximum absolute atomic E-state index is 11.4. The number of hydrogen-bond donors (Lipinski definition) is 1. The zero-order chi connectivity index (χ0) is 11.4. The molecule has 0 heterocycles. The summed E-state index contributed by atoms with van der Waals surface area (Å²) in [5.41, 5.74) is -0.924. The van der Waals surface area contributed by atoms with Crippen LogP contribution in [0.2, 0.25) is 0 Å². The minimum absolute atomic E-state index is 0.171. The molecule has 0 aromatic carbocycles. The molecule has 0 aliphatic heterocycles. The van der Waals surface area contributed by atoms with Crippen molar-refractivity contribution in [2.45, 2.75) is 46.1 Å². The van der Waals surface area contributed by atoms with Crippen LogP contribution in [0.25, 0.3) is 0 Å². The molecular weight excluding hydrogens is 184 g/mol. The van der Waals surface area contributed by atoms with Gasteiger partial charge in [-0.05, 0) is 20.3 Å². The summed E-state index contributed by atoms with van der Waals surface area (Å²) in [4.78, 5) is 21.8. The van der Waals surface area contributed by atoms with E-state index in [1.54, 1.807) is 20.8 Å². The van der Waals surface area contributed by atoms with Crippen LogP contribution in [0.5, 0.6) is 0 Å². The van der Waals surface area contributed by atoms with Gasteiger partial charge in [-0.25, -0.2) is 0 Å². The summed E-state index contributed by atoms with van der Waals surface area (Å²) < 4.78 is 5.08. The molecule has 0 rings (SSSR count). The number of carbonyl (C=O) groups is 2. The van der Waals surface area contributed by atoms with Crippen LogP contribution in [0.1, 0.15) is 40.5 Å². The third-order valence-corrected chi connectivity index (χ3v) is 1.97. The maximum Gasteiger partial charge on any atom is 0.309 e. The van der Waals surface area contributed by atoms with E-state index in [2.05, 4.69) is 0 Å². The lowest BCUT2D eigenvalue weighted by Gasteiger charge is -2.24. The van der Waals surface area contributed by atoms with Gasteiger partial charge in [0.25, 0.3) is 0 Å². The summed E-state index contributed by atoms with van der Waals surface area (Å²) in [6.45, 7) is 6.85. The molecule has 1 N–H and O–H groups in total. The predicted molar refractivity (Wildman–Crippen MR) is 51.9 cm³/mol. The molecule has 0 radical (unpaired) electrons. The molecule has 0 saturated heterocycles. The Morgan fingerprint density at radius 1 is 1.43 bits per heavy atom. The first-order chi connectivity index (χ1) is 6.28. The molecule has 82 valence electrons. The van der Waals surface area contributed by atoms with Crippen molar-refractivity contribution in [3.8, 4) is 0 Å². The van der Waals surface area contributed by atoms with E-state index < -0.39 is 11.6 Å². The minimum atomic E-state index is -0.966. The molecule has 4 nitrogen and oxygen atoms in total. The number of carbonyl (C=O) groups excluding carboxylic acids is 1. The summed E-state index contributed by atoms with van der Waals surface area (Å²) in [7, 11) is 0. The lowest BCUT2D eigenvalue weighted by Crippen LogP contribution is -2.33. The van der Waals surface area contributed by atoms with E-state index in [-0.39, 0.29) is 18.3 Å². The van der Waals surface area contributed by atoms with Crippen molar-refractivity contribution in [3.05, 3.63) is 0 Å². The molecule has 0 bridgehead atoms. The molecule has 0 spiro atoms. The highest BCUT2D eigenvalue weighted by Gasteiger charge is 2.27. The monoisotopic (exact) mass is 202 g/mol. The van der Waals surface area contributed by atoms with Gasteiger partial charge in [0.05, 0.1) is 12.3 Å². The summed E-state index contributed by atoms with van der Waals surface area (Å²) in [6, 6.07) is 0. The smallest absolute Gasteiger partial charge is 0.309 e. The second kappa shape index (κ2) is 4.98. The first kappa shape index (κ1) is 12.9. The van der Waals surface area contributed by atoms with Gasteiger partial charge < -0.3 is 9.84 Å². The molecule has 14 heavy (non-hydrogen) atoms. The van der Waals surface area contributed by atoms with Crippen molar-refractivity contribution in [1.29, 1.82) is 0 Å². The fourth-order valence-electron chi connectivity index (χ4n) is 0.940. The van der Waals surface area contributed by atoms with Crippen LogP contribution >= 0.6 is 0 Å². The molecule has 0 amide bonds. The number of carboxylic acid groups (broad SMARTS) is 1. The standard InChI is InChI=1S/C10H18O4/c1-5-7(2)9(13)14-10(3,4)6-8(11)12/h7H,5-6H2,1-4H3,(H,11,12). The van der Waals surface area contributed by atoms with E-state index in [9.17, 15) is 9.59 Å². The Labute approximate surface area is 84.3 Å². The average Bonchev–Trinajstić information content (AvgIpc) is 1.99. The Hall–Kier alpha value is -1.06. The predicted octanol–water partition coefficient (Wildman–Crippen LogP) is 1.83. The number of carboxylic acids is 1. The normalized spacial score (nSPS) is 13.4. The molecule has 1 unspecified atom stereocenters. The van der Waals surface area contributed by atoms with Gasteiger partial charge in [-0.15, -0.1) is 0 Å². The first-order valence-electron chi connectivity index (χ1n) is 4.73. The Morgan fingerprint density at radius 3 is 2.29 bits per heavy atom. The molecular formula is C10H18O4. The van der Waals surface area contributed by atoms with Crippen LogP contribution in [0.4, 0.5) is 0 Å². The molecule has 0 aromatic heterocycles. The van der Waals surface area contributed by atoms with Gasteiger partial charge >= 0.3 is 11.9 Å². The number of ether oxygens (including phenoxy) is 1. The topological polar surface area (TPSA) is 63.6 Å². The molecule has 0 aliphatic rings. The second-order valence-electron chi connectivity index (χ2n) is 4.06. The van der Waals surface area contributed by atoms with Gasteiger partial charge in [0.1, 0.15) is 5.60 Å². The third kappa shape index (κ3) is 4.84. The minimum Gasteiger partial charge on any atom is -0.481 e. The molecule has 1 atom stereocenters. The van der Waals surface area contributed by atoms with E-state index in [0.717, 1.165) is 0 Å². The van der Waals surface area contributed by atoms with Crippen molar-refractivity contribution >= 4 is 11.9 Å². The zero-order valence-electron chi connectivity index (χ0n) is 9.16. The Morgan fingerprint density at radius 2 is 1.93 bits per heavy atom. The maximum atomic E-state index is 11.4. The summed E-state index contributed by atoms with van der Waals surface area (Å²) >= 11 is 0. The average molecular weight is 202 g/mol. The third-order valence-electron chi connectivity index (χ3n) is 1.97. The van der Waals surface area contributed by atoms with E-state index in [1.807, 2.05) is 6.92 Å². The first-order valence-corrected chi connectivity index (χ1v) is 4.73. The van der Waals surface area contributed by atoms with Gasteiger partial charge in [-0.2, -0.15) is 0 Å². The molecule has 0 fully saturated rings. The zero-order valence-corrected chi connectivity index (χ0v) is 9.16. The van der Waals surface area contributed by atoms with Gasteiger partial charge in [-0.1, -0.05) is 13.8 Å². The lowest BCUT2D eigenvalue weighted by atomic mass is 10.0.